The summed E-state index contributed by atoms with van der Waals surface area (Å²) in [5.74, 6) is -0.0996. The smallest absolute Gasteiger partial charge is 0.251 e. The van der Waals surface area contributed by atoms with Gasteiger partial charge < -0.3 is 9.88 Å². The van der Waals surface area contributed by atoms with Crippen LogP contribution in [0.2, 0.25) is 0 Å². The molecule has 2 heterocycles. The van der Waals surface area contributed by atoms with E-state index in [0.29, 0.717) is 12.1 Å². The number of thiazole rings is 1. The number of carbonyl (C=O) groups excluding carboxylic acids is 1. The standard InChI is InChI=1S/C14H12N4OS/c19-14(17-9-13-16-6-8-20-13)11-1-3-12(4-2-11)18-7-5-15-10-18/h1-8,10H,9H2,(H,17,19). The van der Waals surface area contributed by atoms with Crippen LogP contribution in [0.15, 0.2) is 54.6 Å². The van der Waals surface area contributed by atoms with Crippen LogP contribution in [0, 0.1) is 0 Å². The molecule has 0 atom stereocenters. The van der Waals surface area contributed by atoms with E-state index in [0.717, 1.165) is 10.7 Å². The lowest BCUT2D eigenvalue weighted by molar-refractivity contribution is 0.0951. The molecule has 0 fully saturated rings. The van der Waals surface area contributed by atoms with E-state index in [4.69, 9.17) is 0 Å². The number of hydrogen-bond acceptors (Lipinski definition) is 4. The summed E-state index contributed by atoms with van der Waals surface area (Å²) in [6, 6.07) is 7.37. The highest BCUT2D eigenvalue weighted by molar-refractivity contribution is 7.09. The second-order valence-electron chi connectivity index (χ2n) is 4.13. The zero-order valence-corrected chi connectivity index (χ0v) is 11.4. The molecular weight excluding hydrogens is 272 g/mol. The topological polar surface area (TPSA) is 59.8 Å². The van der Waals surface area contributed by atoms with E-state index in [2.05, 4.69) is 15.3 Å². The Balaban J connectivity index is 1.66. The summed E-state index contributed by atoms with van der Waals surface area (Å²) >= 11 is 1.52. The van der Waals surface area contributed by atoms with E-state index in [-0.39, 0.29) is 5.91 Å². The molecule has 3 rings (SSSR count). The summed E-state index contributed by atoms with van der Waals surface area (Å²) in [5.41, 5.74) is 1.60. The van der Waals surface area contributed by atoms with Crippen LogP contribution in [0.1, 0.15) is 15.4 Å². The Morgan fingerprint density at radius 3 is 2.75 bits per heavy atom. The quantitative estimate of drug-likeness (QED) is 0.799. The predicted octanol–water partition coefficient (Wildman–Crippen LogP) is 2.26. The fourth-order valence-electron chi connectivity index (χ4n) is 1.80. The number of rotatable bonds is 4. The van der Waals surface area contributed by atoms with Gasteiger partial charge in [0.05, 0.1) is 12.9 Å². The van der Waals surface area contributed by atoms with Crippen molar-refractivity contribution in [2.24, 2.45) is 0 Å². The van der Waals surface area contributed by atoms with Gasteiger partial charge in [-0.2, -0.15) is 0 Å². The van der Waals surface area contributed by atoms with Crippen molar-refractivity contribution in [1.29, 1.82) is 0 Å². The summed E-state index contributed by atoms with van der Waals surface area (Å²) in [7, 11) is 0. The lowest BCUT2D eigenvalue weighted by Crippen LogP contribution is -2.22. The summed E-state index contributed by atoms with van der Waals surface area (Å²) in [6.45, 7) is 0.458. The Morgan fingerprint density at radius 1 is 1.25 bits per heavy atom. The monoisotopic (exact) mass is 284 g/mol. The van der Waals surface area contributed by atoms with Crippen molar-refractivity contribution in [3.8, 4) is 5.69 Å². The highest BCUT2D eigenvalue weighted by atomic mass is 32.1. The van der Waals surface area contributed by atoms with Gasteiger partial charge in [-0.15, -0.1) is 11.3 Å². The zero-order chi connectivity index (χ0) is 13.8. The average Bonchev–Trinajstić information content (AvgIpc) is 3.18. The van der Waals surface area contributed by atoms with Crippen LogP contribution in [0.5, 0.6) is 0 Å². The van der Waals surface area contributed by atoms with E-state index >= 15 is 0 Å². The van der Waals surface area contributed by atoms with Gasteiger partial charge in [0.2, 0.25) is 0 Å². The lowest BCUT2D eigenvalue weighted by Gasteiger charge is -2.05. The molecule has 1 aromatic carbocycles. The van der Waals surface area contributed by atoms with Crippen molar-refractivity contribution in [2.75, 3.05) is 0 Å². The summed E-state index contributed by atoms with van der Waals surface area (Å²) < 4.78 is 1.89. The van der Waals surface area contributed by atoms with Gasteiger partial charge in [-0.1, -0.05) is 0 Å². The molecule has 0 spiro atoms. The van der Waals surface area contributed by atoms with Gasteiger partial charge in [0, 0.05) is 35.2 Å². The minimum Gasteiger partial charge on any atom is -0.346 e. The second kappa shape index (κ2) is 5.66. The Kier molecular flexibility index (Phi) is 3.56. The number of nitrogens with one attached hydrogen (secondary N) is 1. The largest absolute Gasteiger partial charge is 0.346 e. The van der Waals surface area contributed by atoms with Crippen LogP contribution in [-0.2, 0) is 6.54 Å². The first-order valence-electron chi connectivity index (χ1n) is 6.08. The van der Waals surface area contributed by atoms with E-state index < -0.39 is 0 Å². The molecule has 100 valence electrons. The fourth-order valence-corrected chi connectivity index (χ4v) is 2.35. The molecular formula is C14H12N4OS. The van der Waals surface area contributed by atoms with E-state index in [1.807, 2.05) is 28.3 Å². The minimum absolute atomic E-state index is 0.0996. The van der Waals surface area contributed by atoms with Crippen LogP contribution in [0.3, 0.4) is 0 Å². The molecule has 6 heteroatoms. The number of nitrogens with zero attached hydrogens (tertiary/aromatic N) is 3. The molecule has 3 aromatic rings. The number of carbonyl (C=O) groups is 1. The number of benzene rings is 1. The molecule has 0 aliphatic carbocycles. The summed E-state index contributed by atoms with van der Waals surface area (Å²) in [4.78, 5) is 20.1. The van der Waals surface area contributed by atoms with Crippen LogP contribution in [0.4, 0.5) is 0 Å². The molecule has 1 amide bonds. The van der Waals surface area contributed by atoms with Gasteiger partial charge in [0.1, 0.15) is 5.01 Å². The Labute approximate surface area is 119 Å². The van der Waals surface area contributed by atoms with Gasteiger partial charge in [-0.05, 0) is 24.3 Å². The van der Waals surface area contributed by atoms with Crippen molar-refractivity contribution < 1.29 is 4.79 Å². The van der Waals surface area contributed by atoms with Crippen molar-refractivity contribution >= 4 is 17.2 Å². The number of imidazole rings is 1. The molecule has 0 bridgehead atoms. The number of hydrogen-bond donors (Lipinski definition) is 1. The normalized spacial score (nSPS) is 10.4. The Bertz CT molecular complexity index is 675. The first-order chi connectivity index (χ1) is 9.83. The molecule has 0 saturated carbocycles. The lowest BCUT2D eigenvalue weighted by atomic mass is 10.2. The molecule has 2 aromatic heterocycles. The number of amides is 1. The summed E-state index contributed by atoms with van der Waals surface area (Å²) in [5, 5.41) is 5.63. The molecule has 0 radical (unpaired) electrons. The van der Waals surface area contributed by atoms with Crippen molar-refractivity contribution in [3.63, 3.8) is 0 Å². The fraction of sp³-hybridized carbons (Fsp3) is 0.0714. The molecule has 20 heavy (non-hydrogen) atoms. The Hall–Kier alpha value is -2.47. The SMILES string of the molecule is O=C(NCc1nccs1)c1ccc(-n2ccnc2)cc1. The molecule has 5 nitrogen and oxygen atoms in total. The van der Waals surface area contributed by atoms with Gasteiger partial charge >= 0.3 is 0 Å². The van der Waals surface area contributed by atoms with Gasteiger partial charge in [0.25, 0.3) is 5.91 Å². The van der Waals surface area contributed by atoms with Crippen LogP contribution in [0.25, 0.3) is 5.69 Å². The van der Waals surface area contributed by atoms with Crippen LogP contribution >= 0.6 is 11.3 Å². The molecule has 0 unspecified atom stereocenters. The molecule has 1 N–H and O–H groups in total. The second-order valence-corrected chi connectivity index (χ2v) is 5.10. The summed E-state index contributed by atoms with van der Waals surface area (Å²) in [6.07, 6.45) is 7.02. The zero-order valence-electron chi connectivity index (χ0n) is 10.6. The van der Waals surface area contributed by atoms with E-state index in [9.17, 15) is 4.79 Å². The molecule has 0 aliphatic heterocycles. The maximum Gasteiger partial charge on any atom is 0.251 e. The predicted molar refractivity (Wildman–Crippen MR) is 76.8 cm³/mol. The molecule has 0 aliphatic rings. The maximum atomic E-state index is 12.0. The Morgan fingerprint density at radius 2 is 2.10 bits per heavy atom. The van der Waals surface area contributed by atoms with Crippen molar-refractivity contribution in [3.05, 3.63) is 65.1 Å². The highest BCUT2D eigenvalue weighted by Crippen LogP contribution is 2.10. The van der Waals surface area contributed by atoms with E-state index in [1.54, 1.807) is 30.9 Å². The first-order valence-corrected chi connectivity index (χ1v) is 6.96. The third kappa shape index (κ3) is 2.75. The highest BCUT2D eigenvalue weighted by Gasteiger charge is 2.06. The van der Waals surface area contributed by atoms with E-state index in [1.165, 1.54) is 11.3 Å². The first kappa shape index (κ1) is 12.6. The minimum atomic E-state index is -0.0996. The average molecular weight is 284 g/mol. The van der Waals surface area contributed by atoms with Gasteiger partial charge in [0.15, 0.2) is 0 Å². The van der Waals surface area contributed by atoms with Crippen molar-refractivity contribution in [2.45, 2.75) is 6.54 Å². The van der Waals surface area contributed by atoms with Crippen LogP contribution in [-0.4, -0.2) is 20.4 Å². The van der Waals surface area contributed by atoms with Crippen molar-refractivity contribution in [1.82, 2.24) is 19.9 Å². The van der Waals surface area contributed by atoms with Gasteiger partial charge in [-0.25, -0.2) is 9.97 Å². The number of aromatic nitrogens is 3. The third-order valence-electron chi connectivity index (χ3n) is 2.82. The van der Waals surface area contributed by atoms with Gasteiger partial charge in [-0.3, -0.25) is 4.79 Å². The maximum absolute atomic E-state index is 12.0. The third-order valence-corrected chi connectivity index (χ3v) is 3.60. The van der Waals surface area contributed by atoms with Crippen LogP contribution < -0.4 is 5.32 Å². The molecule has 0 saturated heterocycles.